The molecule has 0 radical (unpaired) electrons. The first-order chi connectivity index (χ1) is 13.8. The molecule has 0 aliphatic heterocycles. The van der Waals surface area contributed by atoms with Crippen LogP contribution in [0.4, 0.5) is 0 Å². The second-order valence-corrected chi connectivity index (χ2v) is 7.54. The summed E-state index contributed by atoms with van der Waals surface area (Å²) in [5.41, 5.74) is 3.22. The summed E-state index contributed by atoms with van der Waals surface area (Å²) in [7, 11) is 0. The molecule has 0 fully saturated rings. The summed E-state index contributed by atoms with van der Waals surface area (Å²) in [5.74, 6) is 0.258. The average Bonchev–Trinajstić information content (AvgIpc) is 2.71. The molecule has 2 rings (SSSR count). The maximum atomic E-state index is 13.0. The molecule has 0 spiro atoms. The minimum Gasteiger partial charge on any atom is -0.484 e. The maximum Gasteiger partial charge on any atom is 0.261 e. The van der Waals surface area contributed by atoms with Crippen molar-refractivity contribution < 1.29 is 14.3 Å². The van der Waals surface area contributed by atoms with Gasteiger partial charge < -0.3 is 15.0 Å². The Hall–Kier alpha value is -2.82. The van der Waals surface area contributed by atoms with E-state index in [1.165, 1.54) is 0 Å². The Balaban J connectivity index is 2.15. The molecule has 2 aromatic rings. The van der Waals surface area contributed by atoms with E-state index >= 15 is 0 Å². The smallest absolute Gasteiger partial charge is 0.261 e. The predicted octanol–water partition coefficient (Wildman–Crippen LogP) is 4.01. The number of ether oxygens (including phenoxy) is 1. The molecule has 0 saturated heterocycles. The lowest BCUT2D eigenvalue weighted by atomic mass is 10.1. The van der Waals surface area contributed by atoms with Crippen molar-refractivity contribution in [3.63, 3.8) is 0 Å². The normalized spacial score (nSPS) is 12.7. The first-order valence-corrected chi connectivity index (χ1v) is 10.2. The predicted molar refractivity (Wildman–Crippen MR) is 116 cm³/mol. The van der Waals surface area contributed by atoms with Crippen molar-refractivity contribution in [1.29, 1.82) is 0 Å². The summed E-state index contributed by atoms with van der Waals surface area (Å²) in [6, 6.07) is 14.9. The molecule has 0 aliphatic carbocycles. The van der Waals surface area contributed by atoms with E-state index in [4.69, 9.17) is 4.74 Å². The molecule has 5 heteroatoms. The molecule has 2 aromatic carbocycles. The molecule has 2 amide bonds. The Labute approximate surface area is 174 Å². The van der Waals surface area contributed by atoms with Crippen molar-refractivity contribution >= 4 is 11.8 Å². The van der Waals surface area contributed by atoms with Gasteiger partial charge in [-0.1, -0.05) is 48.9 Å². The number of carbonyl (C=O) groups excluding carboxylic acids is 2. The summed E-state index contributed by atoms with van der Waals surface area (Å²) in [6.07, 6.45) is 0.834. The van der Waals surface area contributed by atoms with E-state index in [1.807, 2.05) is 76.2 Å². The minimum atomic E-state index is -0.599. The van der Waals surface area contributed by atoms with Crippen LogP contribution in [0.2, 0.25) is 0 Å². The van der Waals surface area contributed by atoms with Gasteiger partial charge in [-0.25, -0.2) is 0 Å². The van der Waals surface area contributed by atoms with Gasteiger partial charge in [-0.15, -0.1) is 0 Å². The molecular formula is C24H32N2O3. The first kappa shape index (κ1) is 22.5. The largest absolute Gasteiger partial charge is 0.484 e. The molecule has 2 atom stereocenters. The van der Waals surface area contributed by atoms with Crippen molar-refractivity contribution in [3.8, 4) is 5.75 Å². The standard InChI is InChI=1S/C24H32N2O3/c1-6-19(4)25-24(28)20(5)26(15-21-10-8-7-9-18(21)3)23(27)16-29-22-13-11-17(2)12-14-22/h7-14,19-20H,6,15-16H2,1-5H3,(H,25,28). The Kier molecular flexibility index (Phi) is 8.25. The van der Waals surface area contributed by atoms with Gasteiger partial charge in [-0.3, -0.25) is 9.59 Å². The van der Waals surface area contributed by atoms with E-state index in [1.54, 1.807) is 11.8 Å². The number of nitrogens with zero attached hydrogens (tertiary/aromatic N) is 1. The van der Waals surface area contributed by atoms with E-state index < -0.39 is 6.04 Å². The van der Waals surface area contributed by atoms with Crippen molar-refractivity contribution in [2.24, 2.45) is 0 Å². The molecule has 0 saturated carbocycles. The van der Waals surface area contributed by atoms with Gasteiger partial charge >= 0.3 is 0 Å². The number of nitrogens with one attached hydrogen (secondary N) is 1. The SMILES string of the molecule is CCC(C)NC(=O)C(C)N(Cc1ccccc1C)C(=O)COc1ccc(C)cc1. The summed E-state index contributed by atoms with van der Waals surface area (Å²) >= 11 is 0. The number of hydrogen-bond acceptors (Lipinski definition) is 3. The Morgan fingerprint density at radius 2 is 1.69 bits per heavy atom. The molecule has 2 unspecified atom stereocenters. The zero-order chi connectivity index (χ0) is 21.4. The Morgan fingerprint density at radius 3 is 2.31 bits per heavy atom. The zero-order valence-electron chi connectivity index (χ0n) is 18.1. The number of aryl methyl sites for hydroxylation is 2. The van der Waals surface area contributed by atoms with Crippen LogP contribution >= 0.6 is 0 Å². The number of carbonyl (C=O) groups is 2. The van der Waals surface area contributed by atoms with Gasteiger partial charge in [-0.05, 0) is 57.4 Å². The number of rotatable bonds is 9. The Bertz CT molecular complexity index is 817. The number of amides is 2. The van der Waals surface area contributed by atoms with Gasteiger partial charge in [0.2, 0.25) is 5.91 Å². The van der Waals surface area contributed by atoms with Crippen molar-refractivity contribution in [1.82, 2.24) is 10.2 Å². The first-order valence-electron chi connectivity index (χ1n) is 10.2. The van der Waals surface area contributed by atoms with E-state index in [0.717, 1.165) is 23.1 Å². The lowest BCUT2D eigenvalue weighted by Gasteiger charge is -2.30. The molecule has 156 valence electrons. The highest BCUT2D eigenvalue weighted by Gasteiger charge is 2.27. The Morgan fingerprint density at radius 1 is 1.03 bits per heavy atom. The van der Waals surface area contributed by atoms with E-state index in [9.17, 15) is 9.59 Å². The fraction of sp³-hybridized carbons (Fsp3) is 0.417. The summed E-state index contributed by atoms with van der Waals surface area (Å²) < 4.78 is 5.68. The van der Waals surface area contributed by atoms with Gasteiger partial charge in [0.25, 0.3) is 5.91 Å². The van der Waals surface area contributed by atoms with E-state index in [0.29, 0.717) is 12.3 Å². The van der Waals surface area contributed by atoms with Gasteiger partial charge in [-0.2, -0.15) is 0 Å². The highest BCUT2D eigenvalue weighted by atomic mass is 16.5. The fourth-order valence-electron chi connectivity index (χ4n) is 2.88. The van der Waals surface area contributed by atoms with Gasteiger partial charge in [0.1, 0.15) is 11.8 Å². The maximum absolute atomic E-state index is 13.0. The van der Waals surface area contributed by atoms with Crippen LogP contribution in [-0.4, -0.2) is 35.4 Å². The molecule has 1 N–H and O–H groups in total. The van der Waals surface area contributed by atoms with Crippen LogP contribution in [0.25, 0.3) is 0 Å². The van der Waals surface area contributed by atoms with Crippen molar-refractivity contribution in [3.05, 3.63) is 65.2 Å². The molecule has 0 bridgehead atoms. The number of benzene rings is 2. The second-order valence-electron chi connectivity index (χ2n) is 7.54. The minimum absolute atomic E-state index is 0.0594. The van der Waals surface area contributed by atoms with Crippen LogP contribution in [0.15, 0.2) is 48.5 Å². The quantitative estimate of drug-likeness (QED) is 0.697. The van der Waals surface area contributed by atoms with Crippen LogP contribution in [0.5, 0.6) is 5.75 Å². The van der Waals surface area contributed by atoms with Crippen molar-refractivity contribution in [2.75, 3.05) is 6.61 Å². The fourth-order valence-corrected chi connectivity index (χ4v) is 2.88. The summed E-state index contributed by atoms with van der Waals surface area (Å²) in [5, 5.41) is 2.97. The summed E-state index contributed by atoms with van der Waals surface area (Å²) in [6.45, 7) is 9.98. The van der Waals surface area contributed by atoms with Crippen LogP contribution in [-0.2, 0) is 16.1 Å². The van der Waals surface area contributed by atoms with Gasteiger partial charge in [0, 0.05) is 12.6 Å². The zero-order valence-corrected chi connectivity index (χ0v) is 18.1. The third kappa shape index (κ3) is 6.63. The highest BCUT2D eigenvalue weighted by molar-refractivity contribution is 5.88. The van der Waals surface area contributed by atoms with Gasteiger partial charge in [0.05, 0.1) is 0 Å². The lowest BCUT2D eigenvalue weighted by Crippen LogP contribution is -2.50. The third-order valence-corrected chi connectivity index (χ3v) is 5.15. The van der Waals surface area contributed by atoms with Crippen LogP contribution < -0.4 is 10.1 Å². The molecule has 29 heavy (non-hydrogen) atoms. The molecule has 0 aromatic heterocycles. The van der Waals surface area contributed by atoms with Crippen molar-refractivity contribution in [2.45, 2.75) is 59.7 Å². The van der Waals surface area contributed by atoms with Crippen LogP contribution in [0, 0.1) is 13.8 Å². The molecule has 0 heterocycles. The summed E-state index contributed by atoms with van der Waals surface area (Å²) in [4.78, 5) is 27.3. The van der Waals surface area contributed by atoms with E-state index in [-0.39, 0.29) is 24.5 Å². The second kappa shape index (κ2) is 10.6. The topological polar surface area (TPSA) is 58.6 Å². The average molecular weight is 397 g/mol. The van der Waals surface area contributed by atoms with Crippen LogP contribution in [0.3, 0.4) is 0 Å². The van der Waals surface area contributed by atoms with Gasteiger partial charge in [0.15, 0.2) is 6.61 Å². The number of hydrogen-bond donors (Lipinski definition) is 1. The molecular weight excluding hydrogens is 364 g/mol. The van der Waals surface area contributed by atoms with E-state index in [2.05, 4.69) is 5.32 Å². The highest BCUT2D eigenvalue weighted by Crippen LogP contribution is 2.16. The molecule has 0 aliphatic rings. The molecule has 5 nitrogen and oxygen atoms in total. The van der Waals surface area contributed by atoms with Crippen LogP contribution in [0.1, 0.15) is 43.9 Å². The third-order valence-electron chi connectivity index (χ3n) is 5.15. The monoisotopic (exact) mass is 396 g/mol. The lowest BCUT2D eigenvalue weighted by molar-refractivity contribution is -0.142.